The predicted octanol–water partition coefficient (Wildman–Crippen LogP) is 1.50. The summed E-state index contributed by atoms with van der Waals surface area (Å²) in [5.41, 5.74) is 2.09. The van der Waals surface area contributed by atoms with Crippen molar-refractivity contribution in [1.29, 1.82) is 0 Å². The number of anilines is 1. The van der Waals surface area contributed by atoms with E-state index in [0.717, 1.165) is 22.8 Å². The highest BCUT2D eigenvalue weighted by atomic mass is 35.5. The predicted molar refractivity (Wildman–Crippen MR) is 75.4 cm³/mol. The van der Waals surface area contributed by atoms with Crippen LogP contribution in [0.4, 0.5) is 5.69 Å². The quantitative estimate of drug-likeness (QED) is 0.753. The molecule has 0 atom stereocenters. The maximum absolute atomic E-state index is 9.16. The molecule has 0 spiro atoms. The van der Waals surface area contributed by atoms with Crippen molar-refractivity contribution >= 4 is 17.3 Å². The number of hydrogen-bond acceptors (Lipinski definition) is 4. The third-order valence-electron chi connectivity index (χ3n) is 2.72. The largest absolute Gasteiger partial charge is 0.395 e. The molecule has 102 valence electrons. The average Bonchev–Trinajstić information content (AvgIpc) is 2.37. The molecule has 0 amide bonds. The summed E-state index contributed by atoms with van der Waals surface area (Å²) in [5.74, 6) is 0. The standard InChI is InChI=1S/C13H21ClN2O2/c1-15-10-11-12(14)4-3-5-13(11)16(6-8-17)7-9-18-2/h3-5,15,17H,6-10H2,1-2H3. The summed E-state index contributed by atoms with van der Waals surface area (Å²) in [7, 11) is 3.56. The molecule has 0 heterocycles. The van der Waals surface area contributed by atoms with Crippen molar-refractivity contribution in [2.45, 2.75) is 6.54 Å². The zero-order valence-electron chi connectivity index (χ0n) is 10.9. The molecule has 0 saturated carbocycles. The van der Waals surface area contributed by atoms with Crippen LogP contribution < -0.4 is 10.2 Å². The van der Waals surface area contributed by atoms with E-state index in [1.165, 1.54) is 0 Å². The lowest BCUT2D eigenvalue weighted by Crippen LogP contribution is -2.31. The molecule has 0 aliphatic heterocycles. The highest BCUT2D eigenvalue weighted by molar-refractivity contribution is 6.31. The van der Waals surface area contributed by atoms with Crippen LogP contribution in [0, 0.1) is 0 Å². The number of halogens is 1. The Balaban J connectivity index is 2.97. The molecular formula is C13H21ClN2O2. The fourth-order valence-corrected chi connectivity index (χ4v) is 2.11. The van der Waals surface area contributed by atoms with Crippen LogP contribution in [0.2, 0.25) is 5.02 Å². The summed E-state index contributed by atoms with van der Waals surface area (Å²) >= 11 is 6.23. The Labute approximate surface area is 114 Å². The Morgan fingerprint density at radius 3 is 2.78 bits per heavy atom. The van der Waals surface area contributed by atoms with Crippen LogP contribution in [0.5, 0.6) is 0 Å². The van der Waals surface area contributed by atoms with Gasteiger partial charge < -0.3 is 20.1 Å². The number of nitrogens with one attached hydrogen (secondary N) is 1. The maximum Gasteiger partial charge on any atom is 0.0637 e. The summed E-state index contributed by atoms with van der Waals surface area (Å²) in [6.45, 7) is 2.72. The molecule has 5 heteroatoms. The minimum atomic E-state index is 0.106. The monoisotopic (exact) mass is 272 g/mol. The number of rotatable bonds is 8. The van der Waals surface area contributed by atoms with Gasteiger partial charge in [0.2, 0.25) is 0 Å². The van der Waals surface area contributed by atoms with Crippen LogP contribution in [-0.4, -0.2) is 45.6 Å². The average molecular weight is 273 g/mol. The molecule has 0 radical (unpaired) electrons. The van der Waals surface area contributed by atoms with Gasteiger partial charge in [0, 0.05) is 43.0 Å². The van der Waals surface area contributed by atoms with E-state index in [1.807, 2.05) is 25.2 Å². The fourth-order valence-electron chi connectivity index (χ4n) is 1.87. The SMILES string of the molecule is CNCc1c(Cl)cccc1N(CCO)CCOC. The van der Waals surface area contributed by atoms with Gasteiger partial charge in [0.1, 0.15) is 0 Å². The summed E-state index contributed by atoms with van der Waals surface area (Å²) in [6, 6.07) is 5.82. The summed E-state index contributed by atoms with van der Waals surface area (Å²) in [6.07, 6.45) is 0. The van der Waals surface area contributed by atoms with Gasteiger partial charge in [-0.1, -0.05) is 17.7 Å². The third kappa shape index (κ3) is 4.14. The molecule has 0 aliphatic carbocycles. The second-order valence-electron chi connectivity index (χ2n) is 3.97. The number of aliphatic hydroxyl groups excluding tert-OH is 1. The van der Waals surface area contributed by atoms with Crippen LogP contribution >= 0.6 is 11.6 Å². The molecule has 1 rings (SSSR count). The van der Waals surface area contributed by atoms with Gasteiger partial charge in [0.15, 0.2) is 0 Å². The number of aliphatic hydroxyl groups is 1. The number of hydrogen-bond donors (Lipinski definition) is 2. The number of nitrogens with zero attached hydrogens (tertiary/aromatic N) is 1. The molecular weight excluding hydrogens is 252 g/mol. The van der Waals surface area contributed by atoms with Crippen molar-refractivity contribution in [3.63, 3.8) is 0 Å². The lowest BCUT2D eigenvalue weighted by Gasteiger charge is -2.26. The molecule has 18 heavy (non-hydrogen) atoms. The van der Waals surface area contributed by atoms with E-state index in [4.69, 9.17) is 21.4 Å². The molecule has 0 unspecified atom stereocenters. The van der Waals surface area contributed by atoms with Crippen LogP contribution in [-0.2, 0) is 11.3 Å². The van der Waals surface area contributed by atoms with Gasteiger partial charge in [-0.15, -0.1) is 0 Å². The summed E-state index contributed by atoms with van der Waals surface area (Å²) in [4.78, 5) is 2.09. The van der Waals surface area contributed by atoms with Gasteiger partial charge in [0.25, 0.3) is 0 Å². The molecule has 0 bridgehead atoms. The Kier molecular flexibility index (Phi) is 7.05. The van der Waals surface area contributed by atoms with E-state index in [2.05, 4.69) is 10.2 Å². The number of benzene rings is 1. The molecule has 0 fully saturated rings. The van der Waals surface area contributed by atoms with Crippen molar-refractivity contribution in [3.05, 3.63) is 28.8 Å². The van der Waals surface area contributed by atoms with Crippen molar-refractivity contribution in [2.24, 2.45) is 0 Å². The topological polar surface area (TPSA) is 44.7 Å². The van der Waals surface area contributed by atoms with E-state index in [9.17, 15) is 0 Å². The van der Waals surface area contributed by atoms with Crippen LogP contribution in [0.25, 0.3) is 0 Å². The van der Waals surface area contributed by atoms with Crippen LogP contribution in [0.1, 0.15) is 5.56 Å². The zero-order valence-corrected chi connectivity index (χ0v) is 11.7. The first kappa shape index (κ1) is 15.2. The highest BCUT2D eigenvalue weighted by Crippen LogP contribution is 2.27. The zero-order chi connectivity index (χ0) is 13.4. The van der Waals surface area contributed by atoms with E-state index in [-0.39, 0.29) is 6.61 Å². The van der Waals surface area contributed by atoms with E-state index < -0.39 is 0 Å². The van der Waals surface area contributed by atoms with Crippen molar-refractivity contribution in [3.8, 4) is 0 Å². The molecule has 0 saturated heterocycles. The van der Waals surface area contributed by atoms with Gasteiger partial charge in [-0.05, 0) is 19.2 Å². The summed E-state index contributed by atoms with van der Waals surface area (Å²) in [5, 5.41) is 13.0. The first-order valence-electron chi connectivity index (χ1n) is 6.01. The van der Waals surface area contributed by atoms with E-state index in [0.29, 0.717) is 19.7 Å². The lowest BCUT2D eigenvalue weighted by molar-refractivity contribution is 0.203. The smallest absolute Gasteiger partial charge is 0.0637 e. The van der Waals surface area contributed by atoms with Gasteiger partial charge in [-0.3, -0.25) is 0 Å². The second kappa shape index (κ2) is 8.32. The van der Waals surface area contributed by atoms with Gasteiger partial charge in [0.05, 0.1) is 13.2 Å². The normalized spacial score (nSPS) is 10.7. The van der Waals surface area contributed by atoms with Crippen molar-refractivity contribution in [2.75, 3.05) is 45.4 Å². The minimum Gasteiger partial charge on any atom is -0.395 e. The molecule has 0 aromatic heterocycles. The number of methoxy groups -OCH3 is 1. The van der Waals surface area contributed by atoms with E-state index >= 15 is 0 Å². The molecule has 0 aliphatic rings. The van der Waals surface area contributed by atoms with Gasteiger partial charge >= 0.3 is 0 Å². The molecule has 4 nitrogen and oxygen atoms in total. The maximum atomic E-state index is 9.16. The lowest BCUT2D eigenvalue weighted by atomic mass is 10.1. The Morgan fingerprint density at radius 1 is 1.39 bits per heavy atom. The Bertz CT molecular complexity index is 361. The Morgan fingerprint density at radius 2 is 2.17 bits per heavy atom. The van der Waals surface area contributed by atoms with Crippen molar-refractivity contribution in [1.82, 2.24) is 5.32 Å². The van der Waals surface area contributed by atoms with Gasteiger partial charge in [-0.25, -0.2) is 0 Å². The van der Waals surface area contributed by atoms with Crippen LogP contribution in [0.15, 0.2) is 18.2 Å². The highest BCUT2D eigenvalue weighted by Gasteiger charge is 2.12. The minimum absolute atomic E-state index is 0.106. The first-order valence-corrected chi connectivity index (χ1v) is 6.39. The van der Waals surface area contributed by atoms with Gasteiger partial charge in [-0.2, -0.15) is 0 Å². The number of ether oxygens (including phenoxy) is 1. The van der Waals surface area contributed by atoms with E-state index in [1.54, 1.807) is 7.11 Å². The van der Waals surface area contributed by atoms with Crippen LogP contribution in [0.3, 0.4) is 0 Å². The second-order valence-corrected chi connectivity index (χ2v) is 4.38. The third-order valence-corrected chi connectivity index (χ3v) is 3.08. The fraction of sp³-hybridized carbons (Fsp3) is 0.538. The first-order chi connectivity index (χ1) is 8.74. The summed E-state index contributed by atoms with van der Waals surface area (Å²) < 4.78 is 5.10. The van der Waals surface area contributed by atoms with Crippen molar-refractivity contribution < 1.29 is 9.84 Å². The molecule has 1 aromatic carbocycles. The molecule has 2 N–H and O–H groups in total. The molecule has 1 aromatic rings. The Hall–Kier alpha value is -0.810.